The molecule has 0 radical (unpaired) electrons. The number of carbonyl (C=O) groups is 1. The standard InChI is InChI=1S/C12H13N5O/c18-12(14-11-5-6-11)10-3-1-9(2-4-10)7-17-8-13-15-16-17/h1-4,8,11H,5-7H2,(H,14,18). The Labute approximate surface area is 104 Å². The zero-order valence-corrected chi connectivity index (χ0v) is 9.78. The molecule has 1 saturated carbocycles. The first-order valence-electron chi connectivity index (χ1n) is 5.92. The molecule has 1 aromatic heterocycles. The van der Waals surface area contributed by atoms with E-state index in [1.54, 1.807) is 11.0 Å². The van der Waals surface area contributed by atoms with Crippen molar-refractivity contribution in [3.05, 3.63) is 41.7 Å². The van der Waals surface area contributed by atoms with Gasteiger partial charge in [-0.1, -0.05) is 12.1 Å². The Hall–Kier alpha value is -2.24. The van der Waals surface area contributed by atoms with E-state index >= 15 is 0 Å². The molecule has 2 aromatic rings. The van der Waals surface area contributed by atoms with Crippen molar-refractivity contribution in [1.82, 2.24) is 25.5 Å². The average molecular weight is 243 g/mol. The first-order valence-corrected chi connectivity index (χ1v) is 5.92. The fourth-order valence-corrected chi connectivity index (χ4v) is 1.70. The number of carbonyl (C=O) groups excluding carboxylic acids is 1. The molecule has 0 bridgehead atoms. The highest BCUT2D eigenvalue weighted by atomic mass is 16.1. The monoisotopic (exact) mass is 243 g/mol. The van der Waals surface area contributed by atoms with Gasteiger partial charge < -0.3 is 5.32 Å². The number of aromatic nitrogens is 4. The Balaban J connectivity index is 1.66. The first kappa shape index (κ1) is 10.9. The molecule has 6 heteroatoms. The maximum atomic E-state index is 11.8. The summed E-state index contributed by atoms with van der Waals surface area (Å²) in [5.74, 6) is 0.00599. The highest BCUT2D eigenvalue weighted by Crippen LogP contribution is 2.19. The minimum atomic E-state index is 0.00599. The zero-order valence-electron chi connectivity index (χ0n) is 9.78. The van der Waals surface area contributed by atoms with Gasteiger partial charge in [-0.05, 0) is 41.0 Å². The van der Waals surface area contributed by atoms with Crippen LogP contribution < -0.4 is 5.32 Å². The van der Waals surface area contributed by atoms with Crippen molar-refractivity contribution in [2.45, 2.75) is 25.4 Å². The quantitative estimate of drug-likeness (QED) is 0.854. The van der Waals surface area contributed by atoms with E-state index < -0.39 is 0 Å². The molecule has 1 aliphatic carbocycles. The van der Waals surface area contributed by atoms with Crippen LogP contribution in [0.2, 0.25) is 0 Å². The van der Waals surface area contributed by atoms with E-state index in [0.29, 0.717) is 18.2 Å². The SMILES string of the molecule is O=C(NC1CC1)c1ccc(Cn2cnnn2)cc1. The molecule has 1 amide bonds. The van der Waals surface area contributed by atoms with Crippen molar-refractivity contribution >= 4 is 5.91 Å². The van der Waals surface area contributed by atoms with Gasteiger partial charge in [0, 0.05) is 11.6 Å². The van der Waals surface area contributed by atoms with Crippen LogP contribution in [0, 0.1) is 0 Å². The second-order valence-electron chi connectivity index (χ2n) is 4.45. The summed E-state index contributed by atoms with van der Waals surface area (Å²) in [5.41, 5.74) is 1.76. The van der Waals surface area contributed by atoms with Gasteiger partial charge >= 0.3 is 0 Å². The summed E-state index contributed by atoms with van der Waals surface area (Å²) in [7, 11) is 0. The molecule has 0 atom stereocenters. The summed E-state index contributed by atoms with van der Waals surface area (Å²) in [6.07, 6.45) is 3.76. The fraction of sp³-hybridized carbons (Fsp3) is 0.333. The van der Waals surface area contributed by atoms with E-state index in [4.69, 9.17) is 0 Å². The highest BCUT2D eigenvalue weighted by molar-refractivity contribution is 5.94. The van der Waals surface area contributed by atoms with Crippen LogP contribution in [0.4, 0.5) is 0 Å². The molecule has 0 saturated heterocycles. The van der Waals surface area contributed by atoms with Crippen LogP contribution in [0.25, 0.3) is 0 Å². The Kier molecular flexibility index (Phi) is 2.76. The summed E-state index contributed by atoms with van der Waals surface area (Å²) in [5, 5.41) is 13.9. The summed E-state index contributed by atoms with van der Waals surface area (Å²) >= 11 is 0. The van der Waals surface area contributed by atoms with E-state index in [1.165, 1.54) is 0 Å². The molecule has 3 rings (SSSR count). The molecular formula is C12H13N5O. The molecule has 1 fully saturated rings. The minimum absolute atomic E-state index is 0.00599. The van der Waals surface area contributed by atoms with Gasteiger partial charge in [0.05, 0.1) is 6.54 Å². The first-order chi connectivity index (χ1) is 8.81. The molecule has 0 spiro atoms. The minimum Gasteiger partial charge on any atom is -0.349 e. The van der Waals surface area contributed by atoms with Crippen molar-refractivity contribution in [3.63, 3.8) is 0 Å². The van der Waals surface area contributed by atoms with Crippen LogP contribution >= 0.6 is 0 Å². The number of amides is 1. The summed E-state index contributed by atoms with van der Waals surface area (Å²) in [6.45, 7) is 0.609. The van der Waals surface area contributed by atoms with Gasteiger partial charge in [0.1, 0.15) is 6.33 Å². The van der Waals surface area contributed by atoms with Gasteiger partial charge in [-0.2, -0.15) is 0 Å². The molecule has 0 unspecified atom stereocenters. The summed E-state index contributed by atoms with van der Waals surface area (Å²) in [6, 6.07) is 7.89. The normalized spacial score (nSPS) is 14.4. The van der Waals surface area contributed by atoms with Crippen LogP contribution in [0.1, 0.15) is 28.8 Å². The topological polar surface area (TPSA) is 72.7 Å². The van der Waals surface area contributed by atoms with Gasteiger partial charge in [0.25, 0.3) is 5.91 Å². The molecule has 1 aromatic carbocycles. The van der Waals surface area contributed by atoms with E-state index in [9.17, 15) is 4.79 Å². The van der Waals surface area contributed by atoms with E-state index in [2.05, 4.69) is 20.8 Å². The fourth-order valence-electron chi connectivity index (χ4n) is 1.70. The molecule has 1 N–H and O–H groups in total. The second-order valence-corrected chi connectivity index (χ2v) is 4.45. The molecule has 6 nitrogen and oxygen atoms in total. The van der Waals surface area contributed by atoms with Gasteiger partial charge in [0.15, 0.2) is 0 Å². The van der Waals surface area contributed by atoms with E-state index in [1.807, 2.05) is 24.3 Å². The predicted octanol–water partition coefficient (Wildman–Crippen LogP) is 0.614. The molecular weight excluding hydrogens is 230 g/mol. The maximum absolute atomic E-state index is 11.8. The maximum Gasteiger partial charge on any atom is 0.251 e. The van der Waals surface area contributed by atoms with Gasteiger partial charge in [0.2, 0.25) is 0 Å². The van der Waals surface area contributed by atoms with Crippen molar-refractivity contribution in [2.24, 2.45) is 0 Å². The van der Waals surface area contributed by atoms with Crippen molar-refractivity contribution in [1.29, 1.82) is 0 Å². The molecule has 1 aliphatic rings. The van der Waals surface area contributed by atoms with Crippen molar-refractivity contribution in [2.75, 3.05) is 0 Å². The lowest BCUT2D eigenvalue weighted by atomic mass is 10.1. The van der Waals surface area contributed by atoms with Crippen molar-refractivity contribution in [3.8, 4) is 0 Å². The van der Waals surface area contributed by atoms with Crippen LogP contribution in [-0.4, -0.2) is 32.2 Å². The van der Waals surface area contributed by atoms with Crippen LogP contribution in [0.5, 0.6) is 0 Å². The van der Waals surface area contributed by atoms with Crippen LogP contribution in [0.3, 0.4) is 0 Å². The Bertz CT molecular complexity index is 530. The zero-order chi connectivity index (χ0) is 12.4. The number of hydrogen-bond acceptors (Lipinski definition) is 4. The van der Waals surface area contributed by atoms with E-state index in [0.717, 1.165) is 18.4 Å². The van der Waals surface area contributed by atoms with E-state index in [-0.39, 0.29) is 5.91 Å². The van der Waals surface area contributed by atoms with Gasteiger partial charge in [-0.25, -0.2) is 4.68 Å². The van der Waals surface area contributed by atoms with Gasteiger partial charge in [-0.3, -0.25) is 4.79 Å². The third kappa shape index (κ3) is 2.53. The lowest BCUT2D eigenvalue weighted by molar-refractivity contribution is 0.0951. The second kappa shape index (κ2) is 4.56. The number of tetrazole rings is 1. The Morgan fingerprint density at radius 3 is 2.72 bits per heavy atom. The predicted molar refractivity (Wildman–Crippen MR) is 63.8 cm³/mol. The Morgan fingerprint density at radius 2 is 2.11 bits per heavy atom. The number of rotatable bonds is 4. The van der Waals surface area contributed by atoms with Crippen molar-refractivity contribution < 1.29 is 4.79 Å². The largest absolute Gasteiger partial charge is 0.349 e. The Morgan fingerprint density at radius 1 is 1.33 bits per heavy atom. The number of nitrogens with zero attached hydrogens (tertiary/aromatic N) is 4. The number of nitrogens with one attached hydrogen (secondary N) is 1. The van der Waals surface area contributed by atoms with Gasteiger partial charge in [-0.15, -0.1) is 5.10 Å². The third-order valence-corrected chi connectivity index (χ3v) is 2.86. The molecule has 1 heterocycles. The highest BCUT2D eigenvalue weighted by Gasteiger charge is 2.23. The lowest BCUT2D eigenvalue weighted by Gasteiger charge is -2.04. The smallest absolute Gasteiger partial charge is 0.251 e. The van der Waals surface area contributed by atoms with Crippen LogP contribution in [0.15, 0.2) is 30.6 Å². The lowest BCUT2D eigenvalue weighted by Crippen LogP contribution is -2.25. The number of hydrogen-bond donors (Lipinski definition) is 1. The molecule has 0 aliphatic heterocycles. The summed E-state index contributed by atoms with van der Waals surface area (Å²) < 4.78 is 1.64. The third-order valence-electron chi connectivity index (χ3n) is 2.86. The molecule has 18 heavy (non-hydrogen) atoms. The average Bonchev–Trinajstić information content (AvgIpc) is 3.04. The summed E-state index contributed by atoms with van der Waals surface area (Å²) in [4.78, 5) is 11.8. The number of benzene rings is 1. The van der Waals surface area contributed by atoms with Crippen LogP contribution in [-0.2, 0) is 6.54 Å². The molecule has 92 valence electrons.